The third-order valence-corrected chi connectivity index (χ3v) is 4.71. The van der Waals surface area contributed by atoms with Crippen molar-refractivity contribution in [3.63, 3.8) is 0 Å². The first-order valence-electron chi connectivity index (χ1n) is 7.63. The van der Waals surface area contributed by atoms with Crippen LogP contribution in [0.25, 0.3) is 0 Å². The number of rotatable bonds is 2. The van der Waals surface area contributed by atoms with E-state index in [0.29, 0.717) is 6.04 Å². The van der Waals surface area contributed by atoms with Crippen LogP contribution in [0.1, 0.15) is 25.3 Å². The highest BCUT2D eigenvalue weighted by atomic mass is 16.5. The minimum absolute atomic E-state index is 0.0109. The van der Waals surface area contributed by atoms with E-state index in [1.807, 2.05) is 0 Å². The molecule has 1 aromatic carbocycles. The van der Waals surface area contributed by atoms with E-state index in [1.54, 1.807) is 12.7 Å². The van der Waals surface area contributed by atoms with Crippen molar-refractivity contribution >= 4 is 5.69 Å². The average Bonchev–Trinajstić information content (AvgIpc) is 3.19. The van der Waals surface area contributed by atoms with Gasteiger partial charge in [0.25, 0.3) is 0 Å². The van der Waals surface area contributed by atoms with Crippen LogP contribution in [0.3, 0.4) is 0 Å². The fourth-order valence-corrected chi connectivity index (χ4v) is 3.65. The van der Waals surface area contributed by atoms with Crippen LogP contribution in [-0.4, -0.2) is 40.1 Å². The van der Waals surface area contributed by atoms with E-state index < -0.39 is 0 Å². The molecule has 5 heteroatoms. The molecule has 0 saturated carbocycles. The van der Waals surface area contributed by atoms with Gasteiger partial charge in [-0.05, 0) is 25.0 Å². The molecule has 4 rings (SSSR count). The molecule has 2 atom stereocenters. The number of ether oxygens (including phenoxy) is 1. The van der Waals surface area contributed by atoms with E-state index in [-0.39, 0.29) is 5.60 Å². The van der Waals surface area contributed by atoms with E-state index >= 15 is 0 Å². The predicted molar refractivity (Wildman–Crippen MR) is 80.2 cm³/mol. The number of hydrogen-bond donors (Lipinski definition) is 0. The molecule has 0 aliphatic carbocycles. The van der Waals surface area contributed by atoms with Crippen molar-refractivity contribution in [3.8, 4) is 0 Å². The van der Waals surface area contributed by atoms with Crippen molar-refractivity contribution in [1.82, 2.24) is 14.8 Å². The number of piperidine rings is 1. The van der Waals surface area contributed by atoms with E-state index in [9.17, 15) is 0 Å². The van der Waals surface area contributed by atoms with Gasteiger partial charge in [-0.1, -0.05) is 18.2 Å². The molecule has 0 radical (unpaired) electrons. The maximum atomic E-state index is 6.25. The van der Waals surface area contributed by atoms with Crippen molar-refractivity contribution in [2.24, 2.45) is 0 Å². The topological polar surface area (TPSA) is 43.2 Å². The molecule has 0 bridgehead atoms. The van der Waals surface area contributed by atoms with Crippen molar-refractivity contribution in [2.45, 2.75) is 30.9 Å². The number of hydrogen-bond acceptors (Lipinski definition) is 4. The fourth-order valence-electron chi connectivity index (χ4n) is 3.65. The summed E-state index contributed by atoms with van der Waals surface area (Å²) in [5.41, 5.74) is 1.29. The molecule has 2 fully saturated rings. The molecule has 2 aliphatic rings. The van der Waals surface area contributed by atoms with E-state index in [0.717, 1.165) is 32.5 Å². The lowest BCUT2D eigenvalue weighted by Gasteiger charge is -2.41. The number of aromatic nitrogens is 3. The summed E-state index contributed by atoms with van der Waals surface area (Å²) in [6.07, 6.45) is 6.98. The van der Waals surface area contributed by atoms with E-state index in [1.165, 1.54) is 12.1 Å². The Bertz CT molecular complexity index is 586. The molecule has 0 N–H and O–H groups in total. The van der Waals surface area contributed by atoms with Gasteiger partial charge in [0, 0.05) is 25.2 Å². The van der Waals surface area contributed by atoms with E-state index in [2.05, 4.69) is 50.0 Å². The fraction of sp³-hybridized carbons (Fsp3) is 0.500. The molecule has 3 heterocycles. The monoisotopic (exact) mass is 284 g/mol. The van der Waals surface area contributed by atoms with Gasteiger partial charge in [0.15, 0.2) is 0 Å². The van der Waals surface area contributed by atoms with Gasteiger partial charge in [-0.25, -0.2) is 0 Å². The minimum Gasteiger partial charge on any atom is -0.371 e. The van der Waals surface area contributed by atoms with Crippen LogP contribution in [0.5, 0.6) is 0 Å². The zero-order chi connectivity index (χ0) is 14.1. The van der Waals surface area contributed by atoms with Gasteiger partial charge in [-0.15, -0.1) is 10.2 Å². The first kappa shape index (κ1) is 12.8. The van der Waals surface area contributed by atoms with Crippen LogP contribution < -0.4 is 4.90 Å². The average molecular weight is 284 g/mol. The zero-order valence-electron chi connectivity index (χ0n) is 12.1. The highest BCUT2D eigenvalue weighted by molar-refractivity contribution is 5.47. The summed E-state index contributed by atoms with van der Waals surface area (Å²) >= 11 is 0. The predicted octanol–water partition coefficient (Wildman–Crippen LogP) is 2.28. The summed E-state index contributed by atoms with van der Waals surface area (Å²) in [6, 6.07) is 11.0. The summed E-state index contributed by atoms with van der Waals surface area (Å²) in [5.74, 6) is 0. The highest BCUT2D eigenvalue weighted by Crippen LogP contribution is 2.40. The Kier molecular flexibility index (Phi) is 3.15. The van der Waals surface area contributed by atoms with Crippen LogP contribution in [-0.2, 0) is 4.74 Å². The molecule has 0 unspecified atom stereocenters. The SMILES string of the molecule is c1ccc(N2CCC[C@@]3(C[C@@H](n4cnnc4)CO3)C2)cc1. The molecular weight excluding hydrogens is 264 g/mol. The molecular formula is C16H20N4O. The van der Waals surface area contributed by atoms with Crippen LogP contribution in [0, 0.1) is 0 Å². The molecule has 21 heavy (non-hydrogen) atoms. The first-order valence-corrected chi connectivity index (χ1v) is 7.63. The molecule has 2 saturated heterocycles. The minimum atomic E-state index is -0.0109. The summed E-state index contributed by atoms with van der Waals surface area (Å²) in [7, 11) is 0. The van der Waals surface area contributed by atoms with Crippen LogP contribution in [0.4, 0.5) is 5.69 Å². The lowest BCUT2D eigenvalue weighted by Crippen LogP contribution is -2.48. The van der Waals surface area contributed by atoms with Gasteiger partial charge in [0.1, 0.15) is 12.7 Å². The van der Waals surface area contributed by atoms with Gasteiger partial charge < -0.3 is 14.2 Å². The molecule has 2 aromatic rings. The molecule has 0 amide bonds. The Morgan fingerprint density at radius 2 is 1.95 bits per heavy atom. The standard InChI is InChI=1S/C16H20N4O/c1-2-5-14(6-3-1)19-8-4-7-16(11-19)9-15(10-21-16)20-12-17-18-13-20/h1-3,5-6,12-13,15H,4,7-11H2/t15-,16-/m1/s1. The first-order chi connectivity index (χ1) is 10.3. The lowest BCUT2D eigenvalue weighted by atomic mass is 9.88. The summed E-state index contributed by atoms with van der Waals surface area (Å²) < 4.78 is 8.33. The summed E-state index contributed by atoms with van der Waals surface area (Å²) in [4.78, 5) is 2.46. The van der Waals surface area contributed by atoms with Crippen molar-refractivity contribution in [2.75, 3.05) is 24.6 Å². The van der Waals surface area contributed by atoms with Crippen molar-refractivity contribution < 1.29 is 4.74 Å². The van der Waals surface area contributed by atoms with Gasteiger partial charge in [0.2, 0.25) is 0 Å². The van der Waals surface area contributed by atoms with Gasteiger partial charge in [0.05, 0.1) is 18.2 Å². The molecule has 2 aliphatic heterocycles. The normalized spacial score (nSPS) is 29.1. The van der Waals surface area contributed by atoms with Gasteiger partial charge >= 0.3 is 0 Å². The second kappa shape index (κ2) is 5.15. The number of anilines is 1. The molecule has 110 valence electrons. The second-order valence-electron chi connectivity index (χ2n) is 6.12. The number of nitrogens with zero attached hydrogens (tertiary/aromatic N) is 4. The summed E-state index contributed by atoms with van der Waals surface area (Å²) in [5, 5.41) is 7.82. The third-order valence-electron chi connectivity index (χ3n) is 4.71. The van der Waals surface area contributed by atoms with Gasteiger partial charge in [-0.2, -0.15) is 0 Å². The van der Waals surface area contributed by atoms with Crippen molar-refractivity contribution in [1.29, 1.82) is 0 Å². The maximum absolute atomic E-state index is 6.25. The van der Waals surface area contributed by atoms with Crippen LogP contribution in [0.15, 0.2) is 43.0 Å². The smallest absolute Gasteiger partial charge is 0.119 e. The Hall–Kier alpha value is -1.88. The largest absolute Gasteiger partial charge is 0.371 e. The second-order valence-corrected chi connectivity index (χ2v) is 6.12. The molecule has 5 nitrogen and oxygen atoms in total. The van der Waals surface area contributed by atoms with Crippen LogP contribution >= 0.6 is 0 Å². The summed E-state index contributed by atoms with van der Waals surface area (Å²) in [6.45, 7) is 2.86. The highest BCUT2D eigenvalue weighted by Gasteiger charge is 2.44. The Balaban J connectivity index is 1.51. The Labute approximate surface area is 124 Å². The lowest BCUT2D eigenvalue weighted by molar-refractivity contribution is -0.00687. The molecule has 1 aromatic heterocycles. The van der Waals surface area contributed by atoms with Crippen molar-refractivity contribution in [3.05, 3.63) is 43.0 Å². The Morgan fingerprint density at radius 1 is 1.14 bits per heavy atom. The zero-order valence-corrected chi connectivity index (χ0v) is 12.1. The maximum Gasteiger partial charge on any atom is 0.119 e. The Morgan fingerprint density at radius 3 is 2.76 bits per heavy atom. The van der Waals surface area contributed by atoms with E-state index in [4.69, 9.17) is 4.74 Å². The number of benzene rings is 1. The third kappa shape index (κ3) is 2.42. The number of para-hydroxylation sites is 1. The van der Waals surface area contributed by atoms with Crippen LogP contribution in [0.2, 0.25) is 0 Å². The molecule has 1 spiro atoms. The van der Waals surface area contributed by atoms with Gasteiger partial charge in [-0.3, -0.25) is 0 Å². The quantitative estimate of drug-likeness (QED) is 0.848.